The third kappa shape index (κ3) is 3.75. The highest BCUT2D eigenvalue weighted by Gasteiger charge is 2.20. The molecule has 0 spiro atoms. The van der Waals surface area contributed by atoms with Crippen LogP contribution in [0.4, 0.5) is 4.39 Å². The second kappa shape index (κ2) is 6.31. The lowest BCUT2D eigenvalue weighted by Crippen LogP contribution is -2.24. The van der Waals surface area contributed by atoms with Crippen LogP contribution in [0.1, 0.15) is 33.2 Å². The van der Waals surface area contributed by atoms with Crippen LogP contribution in [0.2, 0.25) is 0 Å². The number of halogens is 1. The normalized spacial score (nSPS) is 11.8. The fourth-order valence-electron chi connectivity index (χ4n) is 1.85. The average Bonchev–Trinajstić information content (AvgIpc) is 2.47. The first-order valence-corrected chi connectivity index (χ1v) is 6.55. The van der Waals surface area contributed by atoms with Gasteiger partial charge in [0.25, 0.3) is 0 Å². The van der Waals surface area contributed by atoms with E-state index in [1.54, 1.807) is 12.1 Å². The summed E-state index contributed by atoms with van der Waals surface area (Å²) in [5.74, 6) is -1.54. The van der Waals surface area contributed by atoms with Gasteiger partial charge in [-0.3, -0.25) is 4.79 Å². The molecule has 0 saturated heterocycles. The molecule has 1 atom stereocenters. The Balaban J connectivity index is 2.07. The van der Waals surface area contributed by atoms with Gasteiger partial charge < -0.3 is 4.74 Å². The molecule has 2 aromatic carbocycles. The first-order chi connectivity index (χ1) is 9.97. The highest BCUT2D eigenvalue weighted by atomic mass is 19.1. The van der Waals surface area contributed by atoms with E-state index in [0.717, 1.165) is 11.6 Å². The zero-order chi connectivity index (χ0) is 15.4. The zero-order valence-corrected chi connectivity index (χ0v) is 11.8. The number of carbonyl (C=O) groups is 2. The van der Waals surface area contributed by atoms with Gasteiger partial charge in [-0.25, -0.2) is 9.18 Å². The van der Waals surface area contributed by atoms with E-state index in [1.165, 1.54) is 25.1 Å². The Kier molecular flexibility index (Phi) is 4.48. The van der Waals surface area contributed by atoms with Gasteiger partial charge in [-0.1, -0.05) is 35.9 Å². The van der Waals surface area contributed by atoms with Crippen molar-refractivity contribution in [1.29, 1.82) is 0 Å². The summed E-state index contributed by atoms with van der Waals surface area (Å²) < 4.78 is 18.1. The standard InChI is InChI=1S/C17H15FO3/c1-11-6-8-13(9-7-11)16(19)12(2)21-17(20)14-4-3-5-15(18)10-14/h3-10,12H,1-2H3/t12-/m0/s1. The van der Waals surface area contributed by atoms with Gasteiger partial charge in [0, 0.05) is 5.56 Å². The van der Waals surface area contributed by atoms with E-state index >= 15 is 0 Å². The molecule has 0 heterocycles. The van der Waals surface area contributed by atoms with Gasteiger partial charge in [0.1, 0.15) is 5.82 Å². The minimum atomic E-state index is -0.927. The van der Waals surface area contributed by atoms with Crippen molar-refractivity contribution >= 4 is 11.8 Å². The SMILES string of the molecule is Cc1ccc(C(=O)[C@H](C)OC(=O)c2cccc(F)c2)cc1. The predicted molar refractivity (Wildman–Crippen MR) is 76.8 cm³/mol. The summed E-state index contributed by atoms with van der Waals surface area (Å²) in [6.07, 6.45) is -0.927. The number of ether oxygens (including phenoxy) is 1. The number of esters is 1. The minimum Gasteiger partial charge on any atom is -0.451 e. The van der Waals surface area contributed by atoms with Gasteiger partial charge in [0.15, 0.2) is 6.10 Å². The van der Waals surface area contributed by atoms with Crippen LogP contribution in [0.25, 0.3) is 0 Å². The topological polar surface area (TPSA) is 43.4 Å². The molecule has 0 amide bonds. The molecule has 2 rings (SSSR count). The van der Waals surface area contributed by atoms with Gasteiger partial charge in [-0.15, -0.1) is 0 Å². The zero-order valence-electron chi connectivity index (χ0n) is 11.8. The molecule has 2 aromatic rings. The number of aryl methyl sites for hydroxylation is 1. The van der Waals surface area contributed by atoms with E-state index in [1.807, 2.05) is 19.1 Å². The number of benzene rings is 2. The summed E-state index contributed by atoms with van der Waals surface area (Å²) >= 11 is 0. The molecule has 0 N–H and O–H groups in total. The molecule has 21 heavy (non-hydrogen) atoms. The predicted octanol–water partition coefficient (Wildman–Crippen LogP) is 3.56. The monoisotopic (exact) mass is 286 g/mol. The summed E-state index contributed by atoms with van der Waals surface area (Å²) in [6.45, 7) is 3.42. The third-order valence-corrected chi connectivity index (χ3v) is 3.05. The van der Waals surface area contributed by atoms with Crippen molar-refractivity contribution in [2.45, 2.75) is 20.0 Å². The van der Waals surface area contributed by atoms with E-state index in [9.17, 15) is 14.0 Å². The lowest BCUT2D eigenvalue weighted by atomic mass is 10.1. The second-order valence-electron chi connectivity index (χ2n) is 4.79. The molecule has 0 radical (unpaired) electrons. The summed E-state index contributed by atoms with van der Waals surface area (Å²) in [4.78, 5) is 24.0. The van der Waals surface area contributed by atoms with E-state index in [2.05, 4.69) is 0 Å². The van der Waals surface area contributed by atoms with Crippen LogP contribution in [-0.2, 0) is 4.74 Å². The van der Waals surface area contributed by atoms with Crippen LogP contribution < -0.4 is 0 Å². The van der Waals surface area contributed by atoms with Crippen molar-refractivity contribution in [1.82, 2.24) is 0 Å². The van der Waals surface area contributed by atoms with E-state index in [4.69, 9.17) is 4.74 Å². The lowest BCUT2D eigenvalue weighted by molar-refractivity contribution is 0.0318. The first-order valence-electron chi connectivity index (χ1n) is 6.55. The van der Waals surface area contributed by atoms with Crippen molar-refractivity contribution < 1.29 is 18.7 Å². The van der Waals surface area contributed by atoms with Crippen molar-refractivity contribution in [3.05, 3.63) is 71.0 Å². The van der Waals surface area contributed by atoms with Crippen molar-refractivity contribution in [3.63, 3.8) is 0 Å². The smallest absolute Gasteiger partial charge is 0.338 e. The summed E-state index contributed by atoms with van der Waals surface area (Å²) in [5, 5.41) is 0. The molecule has 0 saturated carbocycles. The number of rotatable bonds is 4. The molecular weight excluding hydrogens is 271 g/mol. The minimum absolute atomic E-state index is 0.0820. The van der Waals surface area contributed by atoms with E-state index < -0.39 is 17.9 Å². The van der Waals surface area contributed by atoms with Crippen LogP contribution in [0, 0.1) is 12.7 Å². The Morgan fingerprint density at radius 3 is 2.33 bits per heavy atom. The van der Waals surface area contributed by atoms with Gasteiger partial charge >= 0.3 is 5.97 Å². The molecule has 4 heteroatoms. The second-order valence-corrected chi connectivity index (χ2v) is 4.79. The van der Waals surface area contributed by atoms with Crippen LogP contribution in [0.3, 0.4) is 0 Å². The fraction of sp³-hybridized carbons (Fsp3) is 0.176. The maximum atomic E-state index is 13.1. The molecule has 0 bridgehead atoms. The molecular formula is C17H15FO3. The first kappa shape index (κ1) is 14.9. The molecule has 0 aromatic heterocycles. The number of carbonyl (C=O) groups excluding carboxylic acids is 2. The summed E-state index contributed by atoms with van der Waals surface area (Å²) in [5.41, 5.74) is 1.59. The van der Waals surface area contributed by atoms with E-state index in [-0.39, 0.29) is 11.3 Å². The van der Waals surface area contributed by atoms with Crippen molar-refractivity contribution in [2.75, 3.05) is 0 Å². The number of hydrogen-bond donors (Lipinski definition) is 0. The molecule has 0 unspecified atom stereocenters. The Labute approximate surface area is 122 Å². The van der Waals surface area contributed by atoms with Gasteiger partial charge in [0.2, 0.25) is 5.78 Å². The number of Topliss-reactive ketones (excluding diaryl/α,β-unsaturated/α-hetero) is 1. The molecule has 0 aliphatic rings. The molecule has 0 fully saturated rings. The van der Waals surface area contributed by atoms with Crippen LogP contribution in [0.5, 0.6) is 0 Å². The Morgan fingerprint density at radius 1 is 1.05 bits per heavy atom. The molecule has 0 aliphatic carbocycles. The molecule has 3 nitrogen and oxygen atoms in total. The Hall–Kier alpha value is -2.49. The van der Waals surface area contributed by atoms with E-state index in [0.29, 0.717) is 5.56 Å². The van der Waals surface area contributed by atoms with Crippen molar-refractivity contribution in [2.24, 2.45) is 0 Å². The summed E-state index contributed by atoms with van der Waals surface area (Å²) in [6, 6.07) is 12.2. The van der Waals surface area contributed by atoms with Crippen LogP contribution >= 0.6 is 0 Å². The number of hydrogen-bond acceptors (Lipinski definition) is 3. The Bertz CT molecular complexity index is 662. The maximum absolute atomic E-state index is 13.1. The van der Waals surface area contributed by atoms with Gasteiger partial charge in [-0.2, -0.15) is 0 Å². The van der Waals surface area contributed by atoms with Gasteiger partial charge in [0.05, 0.1) is 5.56 Å². The van der Waals surface area contributed by atoms with Crippen LogP contribution in [-0.4, -0.2) is 17.9 Å². The van der Waals surface area contributed by atoms with Crippen molar-refractivity contribution in [3.8, 4) is 0 Å². The summed E-state index contributed by atoms with van der Waals surface area (Å²) in [7, 11) is 0. The third-order valence-electron chi connectivity index (χ3n) is 3.05. The highest BCUT2D eigenvalue weighted by Crippen LogP contribution is 2.11. The average molecular weight is 286 g/mol. The van der Waals surface area contributed by atoms with Gasteiger partial charge in [-0.05, 0) is 32.0 Å². The highest BCUT2D eigenvalue weighted by molar-refractivity contribution is 6.01. The Morgan fingerprint density at radius 2 is 1.71 bits per heavy atom. The maximum Gasteiger partial charge on any atom is 0.338 e. The quantitative estimate of drug-likeness (QED) is 0.637. The fourth-order valence-corrected chi connectivity index (χ4v) is 1.85. The number of ketones is 1. The molecule has 0 aliphatic heterocycles. The lowest BCUT2D eigenvalue weighted by Gasteiger charge is -2.12. The molecule has 108 valence electrons. The largest absolute Gasteiger partial charge is 0.451 e. The van der Waals surface area contributed by atoms with Crippen LogP contribution in [0.15, 0.2) is 48.5 Å².